The quantitative estimate of drug-likeness (QED) is 0.0525. The van der Waals surface area contributed by atoms with E-state index in [1.54, 1.807) is 6.92 Å². The molecule has 118 heavy (non-hydrogen) atoms. The molecule has 17 atom stereocenters. The number of aromatic nitrogens is 1. The highest BCUT2D eigenvalue weighted by atomic mass is 35.5. The third kappa shape index (κ3) is 18.1. The van der Waals surface area contributed by atoms with Gasteiger partial charge in [-0.15, -0.1) is 11.6 Å². The minimum atomic E-state index is -0.466. The average molecular weight is 1650 g/mol. The zero-order valence-electron chi connectivity index (χ0n) is 75.7. The summed E-state index contributed by atoms with van der Waals surface area (Å²) in [5, 5.41) is 65.8. The van der Waals surface area contributed by atoms with Crippen molar-refractivity contribution in [2.24, 2.45) is 83.7 Å². The van der Waals surface area contributed by atoms with E-state index in [9.17, 15) is 69.0 Å². The molecular formula is C101H150ClNO15. The molecule has 8 fully saturated rings. The van der Waals surface area contributed by atoms with Crippen molar-refractivity contribution in [3.63, 3.8) is 0 Å². The first-order chi connectivity index (χ1) is 55.1. The average Bonchev–Trinajstić information content (AvgIpc) is 0.912. The summed E-state index contributed by atoms with van der Waals surface area (Å²) < 4.78 is 5.63. The van der Waals surface area contributed by atoms with Crippen molar-refractivity contribution in [2.75, 3.05) is 5.88 Å². The fourth-order valence-electron chi connectivity index (χ4n) is 26.1. The summed E-state index contributed by atoms with van der Waals surface area (Å²) in [6.07, 6.45) is 41.1. The van der Waals surface area contributed by atoms with Crippen LogP contribution >= 0.6 is 11.6 Å². The maximum Gasteiger partial charge on any atom is 0.167 e. The Kier molecular flexibility index (Phi) is 30.5. The predicted octanol–water partition coefficient (Wildman–Crippen LogP) is 20.9. The van der Waals surface area contributed by atoms with E-state index in [2.05, 4.69) is 119 Å². The molecule has 0 spiro atoms. The van der Waals surface area contributed by atoms with Crippen molar-refractivity contribution >= 4 is 57.9 Å². The predicted molar refractivity (Wildman–Crippen MR) is 467 cm³/mol. The highest BCUT2D eigenvalue weighted by molar-refractivity contribution is 6.19. The molecular weight excluding hydrogens is 1500 g/mol. The second kappa shape index (κ2) is 37.4. The summed E-state index contributed by atoms with van der Waals surface area (Å²) in [6.45, 7) is 43.5. The number of aliphatic hydroxyl groups is 6. The van der Waals surface area contributed by atoms with Crippen LogP contribution in [0.5, 0.6) is 0 Å². The molecule has 0 aliphatic heterocycles. The number of halogens is 1. The Hall–Kier alpha value is -5.62. The molecule has 0 bridgehead atoms. The monoisotopic (exact) mass is 1650 g/mol. The lowest BCUT2D eigenvalue weighted by atomic mass is 9.43. The van der Waals surface area contributed by atoms with E-state index < -0.39 is 5.41 Å². The Morgan fingerprint density at radius 3 is 1.46 bits per heavy atom. The van der Waals surface area contributed by atoms with Crippen LogP contribution < -0.4 is 0 Å². The van der Waals surface area contributed by atoms with Crippen LogP contribution in [0.1, 0.15) is 348 Å². The number of aliphatic hydroxyl groups excluding tert-OH is 6. The topological polar surface area (TPSA) is 284 Å². The Morgan fingerprint density at radius 1 is 0.508 bits per heavy atom. The van der Waals surface area contributed by atoms with Crippen molar-refractivity contribution in [2.45, 2.75) is 379 Å². The molecule has 17 heteroatoms. The lowest BCUT2D eigenvalue weighted by molar-refractivity contribution is -0.143. The Bertz CT molecular complexity index is 4170. The van der Waals surface area contributed by atoms with Gasteiger partial charge in [-0.25, -0.2) is 0 Å². The maximum absolute atomic E-state index is 12.7. The lowest BCUT2D eigenvalue weighted by Crippen LogP contribution is -2.57. The van der Waals surface area contributed by atoms with Crippen molar-refractivity contribution in [3.8, 4) is 0 Å². The van der Waals surface area contributed by atoms with Crippen LogP contribution in [0.4, 0.5) is 0 Å². The molecule has 15 aliphatic rings. The molecule has 1 aromatic heterocycles. The third-order valence-electron chi connectivity index (χ3n) is 33.7. The van der Waals surface area contributed by atoms with Gasteiger partial charge in [-0.3, -0.25) is 38.4 Å². The van der Waals surface area contributed by atoms with Crippen molar-refractivity contribution in [1.82, 2.24) is 5.16 Å². The van der Waals surface area contributed by atoms with Gasteiger partial charge in [0, 0.05) is 118 Å². The second-order valence-electron chi connectivity index (χ2n) is 41.6. The van der Waals surface area contributed by atoms with E-state index in [0.29, 0.717) is 98.6 Å². The molecule has 8 saturated carbocycles. The van der Waals surface area contributed by atoms with E-state index in [0.717, 1.165) is 177 Å². The van der Waals surface area contributed by atoms with Gasteiger partial charge in [0.2, 0.25) is 0 Å². The van der Waals surface area contributed by atoms with Gasteiger partial charge in [-0.2, -0.15) is 0 Å². The first-order valence-electron chi connectivity index (χ1n) is 45.5. The van der Waals surface area contributed by atoms with E-state index in [4.69, 9.17) is 16.1 Å². The first kappa shape index (κ1) is 96.2. The number of nitrogens with zero attached hydrogens (tertiary/aromatic N) is 1. The summed E-state index contributed by atoms with van der Waals surface area (Å²) >= 11 is 5.25. The fourth-order valence-corrected chi connectivity index (χ4v) is 26.3. The third-order valence-corrected chi connectivity index (χ3v) is 33.9. The Labute approximate surface area is 712 Å². The molecule has 0 amide bonds. The number of ketones is 8. The van der Waals surface area contributed by atoms with Gasteiger partial charge in [0.25, 0.3) is 0 Å². The molecule has 15 aliphatic carbocycles. The number of hydrogen-bond donors (Lipinski definition) is 6. The van der Waals surface area contributed by atoms with Gasteiger partial charge in [-0.05, 0) is 233 Å². The molecule has 16 rings (SSSR count). The van der Waals surface area contributed by atoms with Crippen LogP contribution in [0.25, 0.3) is 0 Å². The minimum absolute atomic E-state index is 0.00338. The van der Waals surface area contributed by atoms with Crippen LogP contribution in [0.3, 0.4) is 0 Å². The summed E-state index contributed by atoms with van der Waals surface area (Å²) in [7, 11) is 0. The standard InChI is InChI=1S/C19H27NO2.C19H28O3.C18H28O2.C16H22O2.C12H18O2.C7H10O2.C5H9ClO.C5H8O/c1-17(2)13-8-9-18(3)14(6-5-7-15(18)21)19(13,4)10-12-11-20-22-16(12)17;1-17(2)13-8-9-18(3)14(6-5-7-15(18)21)19(13,4)10-12(11-20)16(17)22;1-16(2)12-8-10-18(4)13(6-5-7-15(18)20)17(12,3)11-9-14(16)19;1-10-11-8-9-16(2)13(4-3-5-15(16)18)12(11)6-7-14(10)17;1-8-9-4-3-5-11(14)12(9,2)7-6-10(8)13;1-5-6(8)3-2-4-7(5)9;1-2-5(7)3-4-6;1-3-5(6)4-2/h6,11,13,15,21H,5,7-10H2,1-4H3;6,11,13,15,20-21H,5,7-10H2,1-4H3;6,12,15,20H,5,7-11H2,1-4H3;4,12,15,18H,3,5-9H2,1-2H3;11,14H,3-7H2,1-2H3;5H,2-4H2,1H3;2-4H2,1H3;3H,1,4H2,2H3/b;12-11-;;;;;;/t2*13-,15+,18+,19-;12-,15+,17-,18+;12?,15-,16-;11-,12-;;;/m00011.../s1. The van der Waals surface area contributed by atoms with Crippen molar-refractivity contribution in [3.05, 3.63) is 111 Å². The van der Waals surface area contributed by atoms with E-state index >= 15 is 0 Å². The number of allylic oxidation sites excluding steroid dienone is 9. The summed E-state index contributed by atoms with van der Waals surface area (Å²) in [4.78, 5) is 90.4. The summed E-state index contributed by atoms with van der Waals surface area (Å²) in [5.74, 6) is 4.64. The van der Waals surface area contributed by atoms with Crippen molar-refractivity contribution in [1.29, 1.82) is 0 Å². The molecule has 0 saturated heterocycles. The van der Waals surface area contributed by atoms with Gasteiger partial charge < -0.3 is 35.2 Å². The number of alkyl halides is 1. The van der Waals surface area contributed by atoms with E-state index in [1.807, 2.05) is 47.7 Å². The smallest absolute Gasteiger partial charge is 0.167 e. The van der Waals surface area contributed by atoms with Gasteiger partial charge in [-0.1, -0.05) is 180 Å². The van der Waals surface area contributed by atoms with Gasteiger partial charge in [0.15, 0.2) is 23.1 Å². The number of carbonyl (C=O) groups excluding carboxylic acids is 8. The van der Waals surface area contributed by atoms with Gasteiger partial charge >= 0.3 is 0 Å². The lowest BCUT2D eigenvalue weighted by Gasteiger charge is -2.61. The molecule has 1 heterocycles. The van der Waals surface area contributed by atoms with E-state index in [1.165, 1.54) is 45.1 Å². The second-order valence-corrected chi connectivity index (χ2v) is 41.9. The van der Waals surface area contributed by atoms with Crippen LogP contribution in [0, 0.1) is 83.7 Å². The molecule has 0 aromatic carbocycles. The highest BCUT2D eigenvalue weighted by Gasteiger charge is 2.64. The van der Waals surface area contributed by atoms with Gasteiger partial charge in [0.05, 0.1) is 48.9 Å². The van der Waals surface area contributed by atoms with E-state index in [-0.39, 0.29) is 131 Å². The van der Waals surface area contributed by atoms with Crippen molar-refractivity contribution < 1.29 is 73.5 Å². The molecule has 0 radical (unpaired) electrons. The molecule has 16 nitrogen and oxygen atoms in total. The number of rotatable bonds is 5. The minimum Gasteiger partial charge on any atom is -0.515 e. The largest absolute Gasteiger partial charge is 0.515 e. The number of carbonyl (C=O) groups is 8. The molecule has 1 aromatic rings. The summed E-state index contributed by atoms with van der Waals surface area (Å²) in [5.41, 5.74) is 11.0. The number of hydrogen-bond acceptors (Lipinski definition) is 16. The van der Waals surface area contributed by atoms with Gasteiger partial charge in [0.1, 0.15) is 28.9 Å². The van der Waals surface area contributed by atoms with Crippen LogP contribution in [-0.2, 0) is 50.2 Å². The number of fused-ring (bicyclic) bond motifs is 14. The normalized spacial score (nSPS) is 37.9. The SMILES string of the molecule is C=CC(=O)CC.CC1(C)C(=O)/C(=C\O)C[C@]2(C)C3=CCC[C@@H](O)[C@]3(C)CC[C@@H]12.CC1(C)C(=O)CC[C@]2(C)C3=CCC[C@@H](O)[C@]3(C)CC[C@@H]12.CC1(C)c2oncc2C[C@]2(C)C3=CCC[C@@H](O)[C@]3(C)CC[C@@H]12.CC1=C2CCC[C@@H](O)[C@]2(C)CCC1=O.CC1=C2CC[C@]3(C)C(=CCC[C@H]3O)C2CCC1=O.CC1C(=O)CCCC1=O.CCC(=O)CCCl. The maximum atomic E-state index is 12.7. The highest BCUT2D eigenvalue weighted by Crippen LogP contribution is 2.69. The summed E-state index contributed by atoms with van der Waals surface area (Å²) in [6, 6.07) is 0. The molecule has 656 valence electrons. The van der Waals surface area contributed by atoms with Crippen LogP contribution in [0.2, 0.25) is 0 Å². The molecule has 1 unspecified atom stereocenters. The zero-order chi connectivity index (χ0) is 87.6. The Balaban J connectivity index is 0.000000159. The molecule has 6 N–H and O–H groups in total. The van der Waals surface area contributed by atoms with Crippen LogP contribution in [0.15, 0.2) is 104 Å². The van der Waals surface area contributed by atoms with Crippen LogP contribution in [-0.4, -0.2) is 118 Å². The zero-order valence-corrected chi connectivity index (χ0v) is 76.5. The number of Topliss-reactive ketones (excluding diaryl/α,β-unsaturated/α-hetero) is 7. The first-order valence-corrected chi connectivity index (χ1v) is 46.0. The Morgan fingerprint density at radius 2 is 0.975 bits per heavy atom. The fraction of sp³-hybridized carbons (Fsp3) is 0.733.